The van der Waals surface area contributed by atoms with Crippen molar-refractivity contribution in [2.75, 3.05) is 19.0 Å². The molecule has 0 bridgehead atoms. The summed E-state index contributed by atoms with van der Waals surface area (Å²) in [5.74, 6) is 0.328. The Hall–Kier alpha value is -2.38. The Morgan fingerprint density at radius 2 is 1.68 bits per heavy atom. The zero-order valence-corrected chi connectivity index (χ0v) is 15.1. The summed E-state index contributed by atoms with van der Waals surface area (Å²) in [5.41, 5.74) is 1.88. The van der Waals surface area contributed by atoms with Crippen molar-refractivity contribution in [3.05, 3.63) is 54.1 Å². The molecule has 134 valence electrons. The van der Waals surface area contributed by atoms with Gasteiger partial charge in [0.2, 0.25) is 15.9 Å². The van der Waals surface area contributed by atoms with Gasteiger partial charge in [-0.05, 0) is 48.4 Å². The first kappa shape index (κ1) is 19.0. The quantitative estimate of drug-likeness (QED) is 0.756. The van der Waals surface area contributed by atoms with Gasteiger partial charge in [-0.1, -0.05) is 19.1 Å². The minimum Gasteiger partial charge on any atom is -0.497 e. The molecule has 0 spiro atoms. The summed E-state index contributed by atoms with van der Waals surface area (Å²) in [6, 6.07) is 13.6. The summed E-state index contributed by atoms with van der Waals surface area (Å²) in [7, 11) is -2.14. The fourth-order valence-electron chi connectivity index (χ4n) is 2.18. The summed E-state index contributed by atoms with van der Waals surface area (Å²) in [4.78, 5) is 12.0. The van der Waals surface area contributed by atoms with Crippen molar-refractivity contribution in [3.63, 3.8) is 0 Å². The molecule has 0 saturated heterocycles. The van der Waals surface area contributed by atoms with Crippen LogP contribution in [0, 0.1) is 0 Å². The second kappa shape index (κ2) is 8.64. The Morgan fingerprint density at radius 1 is 1.04 bits per heavy atom. The lowest BCUT2D eigenvalue weighted by atomic mass is 10.1. The number of amides is 1. The van der Waals surface area contributed by atoms with E-state index in [0.717, 1.165) is 6.42 Å². The van der Waals surface area contributed by atoms with E-state index in [4.69, 9.17) is 4.74 Å². The molecular weight excluding hydrogens is 340 g/mol. The normalized spacial score (nSPS) is 11.1. The van der Waals surface area contributed by atoms with Gasteiger partial charge in [0, 0.05) is 18.7 Å². The van der Waals surface area contributed by atoms with Crippen LogP contribution in [0.1, 0.15) is 18.9 Å². The SMILES string of the molecule is CCc1ccc(NC(=O)CCNS(=O)(=O)c2ccc(OC)cc2)cc1. The van der Waals surface area contributed by atoms with Crippen LogP contribution in [0.2, 0.25) is 0 Å². The Morgan fingerprint density at radius 3 is 2.24 bits per heavy atom. The van der Waals surface area contributed by atoms with E-state index in [2.05, 4.69) is 17.0 Å². The molecule has 7 heteroatoms. The van der Waals surface area contributed by atoms with Crippen LogP contribution in [0.4, 0.5) is 5.69 Å². The van der Waals surface area contributed by atoms with E-state index >= 15 is 0 Å². The molecule has 0 radical (unpaired) electrons. The topological polar surface area (TPSA) is 84.5 Å². The van der Waals surface area contributed by atoms with E-state index < -0.39 is 10.0 Å². The number of carbonyl (C=O) groups is 1. The van der Waals surface area contributed by atoms with Crippen LogP contribution in [0.25, 0.3) is 0 Å². The third-order valence-electron chi connectivity index (χ3n) is 3.66. The van der Waals surface area contributed by atoms with Crippen molar-refractivity contribution in [1.82, 2.24) is 4.72 Å². The summed E-state index contributed by atoms with van der Waals surface area (Å²) >= 11 is 0. The minimum absolute atomic E-state index is 0.0211. The van der Waals surface area contributed by atoms with Gasteiger partial charge in [0.05, 0.1) is 12.0 Å². The molecule has 25 heavy (non-hydrogen) atoms. The number of sulfonamides is 1. The van der Waals surface area contributed by atoms with E-state index in [1.54, 1.807) is 12.1 Å². The van der Waals surface area contributed by atoms with Crippen LogP contribution in [0.15, 0.2) is 53.4 Å². The maximum atomic E-state index is 12.2. The zero-order chi connectivity index (χ0) is 18.3. The standard InChI is InChI=1S/C18H22N2O4S/c1-3-14-4-6-15(7-5-14)20-18(21)12-13-19-25(22,23)17-10-8-16(24-2)9-11-17/h4-11,19H,3,12-13H2,1-2H3,(H,20,21). The molecule has 0 aliphatic heterocycles. The van der Waals surface area contributed by atoms with Crippen molar-refractivity contribution in [3.8, 4) is 5.75 Å². The maximum Gasteiger partial charge on any atom is 0.240 e. The molecule has 2 aromatic carbocycles. The fraction of sp³-hybridized carbons (Fsp3) is 0.278. The molecule has 0 aromatic heterocycles. The maximum absolute atomic E-state index is 12.2. The lowest BCUT2D eigenvalue weighted by Crippen LogP contribution is -2.27. The van der Waals surface area contributed by atoms with E-state index in [-0.39, 0.29) is 23.8 Å². The Labute approximate surface area is 148 Å². The molecule has 2 rings (SSSR count). The van der Waals surface area contributed by atoms with Gasteiger partial charge in [0.15, 0.2) is 0 Å². The van der Waals surface area contributed by atoms with Crippen LogP contribution >= 0.6 is 0 Å². The molecule has 6 nitrogen and oxygen atoms in total. The molecule has 0 aliphatic carbocycles. The van der Waals surface area contributed by atoms with Gasteiger partial charge < -0.3 is 10.1 Å². The first-order chi connectivity index (χ1) is 11.9. The largest absolute Gasteiger partial charge is 0.497 e. The minimum atomic E-state index is -3.65. The monoisotopic (exact) mass is 362 g/mol. The zero-order valence-electron chi connectivity index (χ0n) is 14.3. The number of ether oxygens (including phenoxy) is 1. The molecule has 0 saturated carbocycles. The number of nitrogens with one attached hydrogen (secondary N) is 2. The highest BCUT2D eigenvalue weighted by atomic mass is 32.2. The molecule has 0 atom stereocenters. The summed E-state index contributed by atoms with van der Waals surface area (Å²) in [6.07, 6.45) is 0.978. The molecule has 0 heterocycles. The number of hydrogen-bond donors (Lipinski definition) is 2. The highest BCUT2D eigenvalue weighted by Gasteiger charge is 2.14. The molecule has 2 N–H and O–H groups in total. The number of carbonyl (C=O) groups excluding carboxylic acids is 1. The summed E-state index contributed by atoms with van der Waals surface area (Å²) in [6.45, 7) is 2.08. The van der Waals surface area contributed by atoms with Gasteiger partial charge in [-0.15, -0.1) is 0 Å². The molecule has 0 fully saturated rings. The van der Waals surface area contributed by atoms with Crippen molar-refractivity contribution < 1.29 is 17.9 Å². The Balaban J connectivity index is 1.84. The van der Waals surface area contributed by atoms with Crippen LogP contribution in [0.5, 0.6) is 5.75 Å². The number of rotatable bonds is 8. The van der Waals surface area contributed by atoms with Crippen LogP contribution in [0.3, 0.4) is 0 Å². The van der Waals surface area contributed by atoms with E-state index in [9.17, 15) is 13.2 Å². The third-order valence-corrected chi connectivity index (χ3v) is 5.14. The first-order valence-corrected chi connectivity index (χ1v) is 9.45. The molecule has 2 aromatic rings. The third kappa shape index (κ3) is 5.58. The van der Waals surface area contributed by atoms with Gasteiger partial charge in [0.25, 0.3) is 0 Å². The van der Waals surface area contributed by atoms with Crippen LogP contribution in [-0.2, 0) is 21.2 Å². The first-order valence-electron chi connectivity index (χ1n) is 7.97. The van der Waals surface area contributed by atoms with Crippen LogP contribution < -0.4 is 14.8 Å². The smallest absolute Gasteiger partial charge is 0.240 e. The average molecular weight is 362 g/mol. The highest BCUT2D eigenvalue weighted by molar-refractivity contribution is 7.89. The lowest BCUT2D eigenvalue weighted by Gasteiger charge is -2.08. The molecule has 0 unspecified atom stereocenters. The Bertz CT molecular complexity index is 800. The van der Waals surface area contributed by atoms with Crippen molar-refractivity contribution in [2.24, 2.45) is 0 Å². The number of aryl methyl sites for hydroxylation is 1. The van der Waals surface area contributed by atoms with Gasteiger partial charge in [0.1, 0.15) is 5.75 Å². The van der Waals surface area contributed by atoms with Gasteiger partial charge in [-0.25, -0.2) is 13.1 Å². The number of benzene rings is 2. The van der Waals surface area contributed by atoms with Gasteiger partial charge in [-0.3, -0.25) is 4.79 Å². The summed E-state index contributed by atoms with van der Waals surface area (Å²) in [5, 5.41) is 2.74. The van der Waals surface area contributed by atoms with Crippen molar-refractivity contribution in [2.45, 2.75) is 24.7 Å². The van der Waals surface area contributed by atoms with Crippen molar-refractivity contribution >= 4 is 21.6 Å². The predicted molar refractivity (Wildman–Crippen MR) is 97.2 cm³/mol. The summed E-state index contributed by atoms with van der Waals surface area (Å²) < 4.78 is 31.7. The highest BCUT2D eigenvalue weighted by Crippen LogP contribution is 2.15. The Kier molecular flexibility index (Phi) is 6.55. The van der Waals surface area contributed by atoms with Gasteiger partial charge in [-0.2, -0.15) is 0 Å². The van der Waals surface area contributed by atoms with Gasteiger partial charge >= 0.3 is 0 Å². The second-order valence-electron chi connectivity index (χ2n) is 5.42. The lowest BCUT2D eigenvalue weighted by molar-refractivity contribution is -0.116. The molecule has 1 amide bonds. The predicted octanol–water partition coefficient (Wildman–Crippen LogP) is 2.56. The van der Waals surface area contributed by atoms with E-state index in [1.807, 2.05) is 24.3 Å². The van der Waals surface area contributed by atoms with Crippen molar-refractivity contribution in [1.29, 1.82) is 0 Å². The van der Waals surface area contributed by atoms with E-state index in [0.29, 0.717) is 11.4 Å². The average Bonchev–Trinajstić information content (AvgIpc) is 2.62. The van der Waals surface area contributed by atoms with Crippen LogP contribution in [-0.4, -0.2) is 28.0 Å². The molecule has 0 aliphatic rings. The fourth-order valence-corrected chi connectivity index (χ4v) is 3.22. The number of hydrogen-bond acceptors (Lipinski definition) is 4. The molecular formula is C18H22N2O4S. The van der Waals surface area contributed by atoms with E-state index in [1.165, 1.54) is 24.8 Å². The second-order valence-corrected chi connectivity index (χ2v) is 7.19. The number of anilines is 1. The number of methoxy groups -OCH3 is 1.